The molecule has 1 heteroatoms. The molecule has 2 aromatic rings. The molecule has 21 heavy (non-hydrogen) atoms. The summed E-state index contributed by atoms with van der Waals surface area (Å²) in [4.78, 5) is 11.7. The maximum absolute atomic E-state index is 11.7. The molecule has 0 unspecified atom stereocenters. The lowest BCUT2D eigenvalue weighted by Crippen LogP contribution is -2.25. The third-order valence-electron chi connectivity index (χ3n) is 4.18. The van der Waals surface area contributed by atoms with Crippen molar-refractivity contribution >= 4 is 12.4 Å². The van der Waals surface area contributed by atoms with E-state index in [1.165, 1.54) is 5.56 Å². The molecular weight excluding hydrogens is 256 g/mol. The van der Waals surface area contributed by atoms with Crippen LogP contribution in [-0.2, 0) is 4.79 Å². The van der Waals surface area contributed by atoms with Gasteiger partial charge in [-0.3, -0.25) is 0 Å². The Bertz CT molecular complexity index is 586. The summed E-state index contributed by atoms with van der Waals surface area (Å²) in [5.41, 5.74) is 1.95. The predicted molar refractivity (Wildman–Crippen MR) is 89.1 cm³/mol. The number of carbonyl (C=O) groups is 1. The van der Waals surface area contributed by atoms with E-state index in [-0.39, 0.29) is 11.3 Å². The minimum Gasteiger partial charge on any atom is -0.303 e. The van der Waals surface area contributed by atoms with Gasteiger partial charge < -0.3 is 4.79 Å². The van der Waals surface area contributed by atoms with E-state index in [0.717, 1.165) is 18.3 Å². The van der Waals surface area contributed by atoms with E-state index in [0.29, 0.717) is 0 Å². The van der Waals surface area contributed by atoms with Gasteiger partial charge >= 0.3 is 0 Å². The van der Waals surface area contributed by atoms with Crippen molar-refractivity contribution in [2.24, 2.45) is 5.41 Å². The highest BCUT2D eigenvalue weighted by atomic mass is 16.1. The van der Waals surface area contributed by atoms with Crippen molar-refractivity contribution in [1.29, 1.82) is 0 Å². The minimum absolute atomic E-state index is 0.0846. The van der Waals surface area contributed by atoms with E-state index in [9.17, 15) is 4.79 Å². The second-order valence-electron chi connectivity index (χ2n) is 5.64. The maximum Gasteiger partial charge on any atom is 0.126 e. The van der Waals surface area contributed by atoms with Gasteiger partial charge in [-0.1, -0.05) is 86.7 Å². The molecule has 0 heterocycles. The first-order chi connectivity index (χ1) is 10.2. The van der Waals surface area contributed by atoms with Crippen LogP contribution in [-0.4, -0.2) is 6.29 Å². The number of carbonyl (C=O) groups excluding carboxylic acids is 1. The van der Waals surface area contributed by atoms with Gasteiger partial charge in [-0.05, 0) is 17.5 Å². The molecule has 2 atom stereocenters. The predicted octanol–water partition coefficient (Wildman–Crippen LogP) is 5.10. The lowest BCUT2D eigenvalue weighted by atomic mass is 9.72. The molecule has 108 valence electrons. The summed E-state index contributed by atoms with van der Waals surface area (Å²) in [5, 5.41) is 0. The van der Waals surface area contributed by atoms with Gasteiger partial charge in [0.1, 0.15) is 6.29 Å². The molecule has 2 rings (SSSR count). The second kappa shape index (κ2) is 7.03. The van der Waals surface area contributed by atoms with E-state index in [1.54, 1.807) is 0 Å². The van der Waals surface area contributed by atoms with Crippen molar-refractivity contribution < 1.29 is 4.79 Å². The normalized spacial score (nSPS) is 15.5. The topological polar surface area (TPSA) is 17.1 Å². The minimum atomic E-state index is -0.382. The fraction of sp³-hybridized carbons (Fsp3) is 0.250. The van der Waals surface area contributed by atoms with Gasteiger partial charge in [0, 0.05) is 11.3 Å². The Morgan fingerprint density at radius 2 is 1.57 bits per heavy atom. The fourth-order valence-corrected chi connectivity index (χ4v) is 2.52. The summed E-state index contributed by atoms with van der Waals surface area (Å²) in [6.45, 7) is 4.10. The highest BCUT2D eigenvalue weighted by molar-refractivity contribution is 5.63. The summed E-state index contributed by atoms with van der Waals surface area (Å²) in [5.74, 6) is 0.0846. The van der Waals surface area contributed by atoms with E-state index in [1.807, 2.05) is 43.3 Å². The van der Waals surface area contributed by atoms with Gasteiger partial charge in [-0.2, -0.15) is 0 Å². The van der Waals surface area contributed by atoms with Gasteiger partial charge in [0.15, 0.2) is 0 Å². The zero-order valence-corrected chi connectivity index (χ0v) is 12.7. The van der Waals surface area contributed by atoms with Crippen LogP contribution in [0.4, 0.5) is 0 Å². The number of hydrogen-bond acceptors (Lipinski definition) is 1. The number of hydrogen-bond donors (Lipinski definition) is 0. The van der Waals surface area contributed by atoms with Gasteiger partial charge in [-0.15, -0.1) is 0 Å². The van der Waals surface area contributed by atoms with Crippen molar-refractivity contribution in [1.82, 2.24) is 0 Å². The van der Waals surface area contributed by atoms with Crippen LogP contribution in [0, 0.1) is 5.41 Å². The van der Waals surface area contributed by atoms with E-state index in [2.05, 4.69) is 43.3 Å². The number of aldehydes is 1. The van der Waals surface area contributed by atoms with Crippen LogP contribution in [0.3, 0.4) is 0 Å². The molecule has 0 fully saturated rings. The summed E-state index contributed by atoms with van der Waals surface area (Å²) < 4.78 is 0. The van der Waals surface area contributed by atoms with Crippen LogP contribution in [0.1, 0.15) is 37.3 Å². The molecule has 0 aliphatic heterocycles. The van der Waals surface area contributed by atoms with Gasteiger partial charge in [0.25, 0.3) is 0 Å². The molecule has 2 aromatic carbocycles. The highest BCUT2D eigenvalue weighted by Crippen LogP contribution is 2.38. The summed E-state index contributed by atoms with van der Waals surface area (Å²) >= 11 is 0. The Morgan fingerprint density at radius 1 is 1.00 bits per heavy atom. The highest BCUT2D eigenvalue weighted by Gasteiger charge is 2.31. The lowest BCUT2D eigenvalue weighted by Gasteiger charge is -2.30. The molecule has 0 aliphatic carbocycles. The molecule has 0 aromatic heterocycles. The molecule has 1 nitrogen and oxygen atoms in total. The average Bonchev–Trinajstić information content (AvgIpc) is 2.56. The summed E-state index contributed by atoms with van der Waals surface area (Å²) in [7, 11) is 0. The maximum atomic E-state index is 11.7. The van der Waals surface area contributed by atoms with Crippen LogP contribution < -0.4 is 0 Å². The van der Waals surface area contributed by atoms with Crippen LogP contribution in [0.25, 0.3) is 6.08 Å². The largest absolute Gasteiger partial charge is 0.303 e. The smallest absolute Gasteiger partial charge is 0.126 e. The molecule has 0 aliphatic rings. The molecule has 0 bridgehead atoms. The van der Waals surface area contributed by atoms with Crippen molar-refractivity contribution in [3.63, 3.8) is 0 Å². The molecule has 0 radical (unpaired) electrons. The van der Waals surface area contributed by atoms with E-state index < -0.39 is 0 Å². The van der Waals surface area contributed by atoms with Gasteiger partial charge in [0.05, 0.1) is 0 Å². The first-order valence-corrected chi connectivity index (χ1v) is 7.44. The Morgan fingerprint density at radius 3 is 2.10 bits per heavy atom. The fourth-order valence-electron chi connectivity index (χ4n) is 2.52. The Hall–Kier alpha value is -2.15. The molecule has 0 amide bonds. The van der Waals surface area contributed by atoms with Gasteiger partial charge in [-0.25, -0.2) is 0 Å². The molecule has 0 N–H and O–H groups in total. The zero-order chi connectivity index (χ0) is 15.1. The Labute approximate surface area is 127 Å². The zero-order valence-electron chi connectivity index (χ0n) is 12.7. The molecule has 0 saturated carbocycles. The standard InChI is InChI=1S/C20H22O/c1-3-20(2,16-21)19(18-12-8-5-9-13-18)15-14-17-10-6-4-7-11-17/h4-16,19H,3H2,1-2H3/b15-14+/t19-,20+/m0/s1. The Balaban J connectivity index is 2.37. The van der Waals surface area contributed by atoms with Crippen molar-refractivity contribution in [3.05, 3.63) is 77.9 Å². The number of allylic oxidation sites excluding steroid dienone is 1. The van der Waals surface area contributed by atoms with Crippen LogP contribution in [0.15, 0.2) is 66.7 Å². The third kappa shape index (κ3) is 3.69. The summed E-state index contributed by atoms with van der Waals surface area (Å²) in [6, 6.07) is 20.4. The first kappa shape index (κ1) is 15.2. The lowest BCUT2D eigenvalue weighted by molar-refractivity contribution is -0.116. The van der Waals surface area contributed by atoms with E-state index in [4.69, 9.17) is 0 Å². The van der Waals surface area contributed by atoms with Crippen LogP contribution >= 0.6 is 0 Å². The van der Waals surface area contributed by atoms with E-state index >= 15 is 0 Å². The van der Waals surface area contributed by atoms with Crippen LogP contribution in [0.5, 0.6) is 0 Å². The van der Waals surface area contributed by atoms with Gasteiger partial charge in [0.2, 0.25) is 0 Å². The SMILES string of the molecule is CC[C@](C)(C=O)[C@@H](/C=C/c1ccccc1)c1ccccc1. The molecular formula is C20H22O. The van der Waals surface area contributed by atoms with Crippen molar-refractivity contribution in [3.8, 4) is 0 Å². The first-order valence-electron chi connectivity index (χ1n) is 7.44. The van der Waals surface area contributed by atoms with Crippen molar-refractivity contribution in [2.45, 2.75) is 26.2 Å². The monoisotopic (exact) mass is 278 g/mol. The third-order valence-corrected chi connectivity index (χ3v) is 4.18. The van der Waals surface area contributed by atoms with Crippen molar-refractivity contribution in [2.75, 3.05) is 0 Å². The Kier molecular flexibility index (Phi) is 5.10. The van der Waals surface area contributed by atoms with Crippen LogP contribution in [0.2, 0.25) is 0 Å². The average molecular weight is 278 g/mol. The number of rotatable bonds is 6. The second-order valence-corrected chi connectivity index (χ2v) is 5.64. The molecule has 0 spiro atoms. The number of benzene rings is 2. The molecule has 0 saturated heterocycles. The summed E-state index contributed by atoms with van der Waals surface area (Å²) in [6.07, 6.45) is 6.17. The quantitative estimate of drug-likeness (QED) is 0.672.